The van der Waals surface area contributed by atoms with Crippen LogP contribution in [0.5, 0.6) is 11.5 Å². The first-order valence-corrected chi connectivity index (χ1v) is 10.4. The number of hydrogen-bond donors (Lipinski definition) is 0. The molecule has 0 aromatic heterocycles. The molecule has 1 saturated heterocycles. The third-order valence-electron chi connectivity index (χ3n) is 3.46. The van der Waals surface area contributed by atoms with Crippen LogP contribution in [-0.2, 0) is 14.3 Å². The summed E-state index contributed by atoms with van der Waals surface area (Å²) in [7, 11) is 0. The van der Waals surface area contributed by atoms with Crippen LogP contribution in [0.2, 0.25) is 0 Å². The highest BCUT2D eigenvalue weighted by molar-refractivity contribution is 9.10. The minimum Gasteiger partial charge on any atom is -0.490 e. The molecule has 0 atom stereocenters. The van der Waals surface area contributed by atoms with Crippen LogP contribution in [0, 0.1) is 0 Å². The fraction of sp³-hybridized carbons (Fsp3) is 0.389. The Morgan fingerprint density at radius 1 is 1.26 bits per heavy atom. The van der Waals surface area contributed by atoms with Crippen LogP contribution in [0.15, 0.2) is 21.5 Å². The number of ether oxygens (including phenoxy) is 3. The molecule has 27 heavy (non-hydrogen) atoms. The summed E-state index contributed by atoms with van der Waals surface area (Å²) in [4.78, 5) is 26.0. The zero-order valence-electron chi connectivity index (χ0n) is 15.2. The summed E-state index contributed by atoms with van der Waals surface area (Å²) in [5.41, 5.74) is 0.755. The second-order valence-electron chi connectivity index (χ2n) is 5.28. The summed E-state index contributed by atoms with van der Waals surface area (Å²) in [6.45, 7) is 6.49. The summed E-state index contributed by atoms with van der Waals surface area (Å²) in [5.74, 6) is 0.305. The second kappa shape index (κ2) is 10.1. The minimum absolute atomic E-state index is 0.107. The molecule has 1 fully saturated rings. The standard InChI is InChI=1S/C18H20BrNO5S2/c1-4-20-17(22)14(27-18(20)26)9-11-7-12(19)16(13(8-11)23-5-2)25-10-15(21)24-6-3/h7-9H,4-6,10H2,1-3H3/b14-9-. The molecule has 0 N–H and O–H groups in total. The molecule has 1 aromatic carbocycles. The Balaban J connectivity index is 2.29. The van der Waals surface area contributed by atoms with E-state index in [0.717, 1.165) is 5.56 Å². The average molecular weight is 474 g/mol. The number of carbonyl (C=O) groups is 2. The predicted molar refractivity (Wildman–Crippen MR) is 113 cm³/mol. The maximum absolute atomic E-state index is 12.4. The van der Waals surface area contributed by atoms with Crippen LogP contribution in [0.25, 0.3) is 6.08 Å². The molecule has 1 aliphatic rings. The number of nitrogens with zero attached hydrogens (tertiary/aromatic N) is 1. The first-order chi connectivity index (χ1) is 12.9. The molecule has 1 aromatic rings. The third kappa shape index (κ3) is 5.46. The zero-order chi connectivity index (χ0) is 20.0. The number of hydrogen-bond acceptors (Lipinski definition) is 7. The van der Waals surface area contributed by atoms with Crippen molar-refractivity contribution in [3.05, 3.63) is 27.1 Å². The van der Waals surface area contributed by atoms with E-state index in [1.54, 1.807) is 30.0 Å². The molecular formula is C18H20BrNO5S2. The van der Waals surface area contributed by atoms with Crippen molar-refractivity contribution in [1.82, 2.24) is 4.90 Å². The number of carbonyl (C=O) groups excluding carboxylic acids is 2. The fourth-order valence-electron chi connectivity index (χ4n) is 2.33. The second-order valence-corrected chi connectivity index (χ2v) is 7.81. The lowest BCUT2D eigenvalue weighted by Crippen LogP contribution is -2.27. The third-order valence-corrected chi connectivity index (χ3v) is 5.43. The number of benzene rings is 1. The summed E-state index contributed by atoms with van der Waals surface area (Å²) in [6.07, 6.45) is 1.76. The number of thioether (sulfide) groups is 1. The van der Waals surface area contributed by atoms with Gasteiger partial charge in [-0.2, -0.15) is 0 Å². The van der Waals surface area contributed by atoms with Gasteiger partial charge in [0.05, 0.1) is 22.6 Å². The van der Waals surface area contributed by atoms with Crippen molar-refractivity contribution in [2.75, 3.05) is 26.4 Å². The minimum atomic E-state index is -0.459. The molecule has 9 heteroatoms. The van der Waals surface area contributed by atoms with Gasteiger partial charge in [0.15, 0.2) is 18.1 Å². The summed E-state index contributed by atoms with van der Waals surface area (Å²) >= 11 is 9.95. The molecule has 0 aliphatic carbocycles. The zero-order valence-corrected chi connectivity index (χ0v) is 18.5. The van der Waals surface area contributed by atoms with Gasteiger partial charge in [-0.1, -0.05) is 24.0 Å². The molecule has 0 saturated carbocycles. The van der Waals surface area contributed by atoms with E-state index in [9.17, 15) is 9.59 Å². The van der Waals surface area contributed by atoms with E-state index in [1.165, 1.54) is 11.8 Å². The Labute approximate surface area is 176 Å². The normalized spacial score (nSPS) is 15.4. The van der Waals surface area contributed by atoms with E-state index >= 15 is 0 Å². The van der Waals surface area contributed by atoms with Crippen LogP contribution < -0.4 is 9.47 Å². The molecule has 2 rings (SSSR count). The number of halogens is 1. The Hall–Kier alpha value is -1.58. The predicted octanol–water partition coefficient (Wildman–Crippen LogP) is 4.01. The van der Waals surface area contributed by atoms with Crippen LogP contribution in [0.3, 0.4) is 0 Å². The van der Waals surface area contributed by atoms with Gasteiger partial charge < -0.3 is 14.2 Å². The SMILES string of the molecule is CCOC(=O)COc1c(Br)cc(/C=C2\SC(=S)N(CC)C2=O)cc1OCC. The van der Waals surface area contributed by atoms with Crippen LogP contribution in [0.4, 0.5) is 0 Å². The van der Waals surface area contributed by atoms with E-state index in [0.29, 0.717) is 38.3 Å². The number of amides is 1. The van der Waals surface area contributed by atoms with Gasteiger partial charge >= 0.3 is 5.97 Å². The van der Waals surface area contributed by atoms with Gasteiger partial charge in [-0.3, -0.25) is 9.69 Å². The smallest absolute Gasteiger partial charge is 0.344 e. The van der Waals surface area contributed by atoms with Gasteiger partial charge in [0.2, 0.25) is 0 Å². The van der Waals surface area contributed by atoms with Crippen molar-refractivity contribution in [3.8, 4) is 11.5 Å². The Kier molecular flexibility index (Phi) is 8.12. The van der Waals surface area contributed by atoms with Crippen molar-refractivity contribution >= 4 is 62.2 Å². The molecule has 6 nitrogen and oxygen atoms in total. The maximum atomic E-state index is 12.4. The molecule has 0 bridgehead atoms. The van der Waals surface area contributed by atoms with Gasteiger partial charge in [-0.15, -0.1) is 0 Å². The Morgan fingerprint density at radius 2 is 2.00 bits per heavy atom. The van der Waals surface area contributed by atoms with Crippen LogP contribution >= 0.6 is 39.9 Å². The van der Waals surface area contributed by atoms with E-state index in [-0.39, 0.29) is 19.1 Å². The van der Waals surface area contributed by atoms with E-state index in [4.69, 9.17) is 26.4 Å². The highest BCUT2D eigenvalue weighted by atomic mass is 79.9. The average Bonchev–Trinajstić information content (AvgIpc) is 2.87. The van der Waals surface area contributed by atoms with E-state index in [1.807, 2.05) is 13.8 Å². The lowest BCUT2D eigenvalue weighted by molar-refractivity contribution is -0.145. The largest absolute Gasteiger partial charge is 0.490 e. The molecule has 1 aliphatic heterocycles. The van der Waals surface area contributed by atoms with Gasteiger partial charge in [0.25, 0.3) is 5.91 Å². The molecular weight excluding hydrogens is 454 g/mol. The maximum Gasteiger partial charge on any atom is 0.344 e. The Bertz CT molecular complexity index is 781. The van der Waals surface area contributed by atoms with Gasteiger partial charge in [-0.25, -0.2) is 4.79 Å². The van der Waals surface area contributed by atoms with Gasteiger partial charge in [-0.05, 0) is 60.5 Å². The highest BCUT2D eigenvalue weighted by Crippen LogP contribution is 2.39. The fourth-order valence-corrected chi connectivity index (χ4v) is 4.29. The molecule has 0 unspecified atom stereocenters. The molecule has 1 amide bonds. The van der Waals surface area contributed by atoms with Crippen molar-refractivity contribution in [2.24, 2.45) is 0 Å². The van der Waals surface area contributed by atoms with Crippen molar-refractivity contribution in [1.29, 1.82) is 0 Å². The van der Waals surface area contributed by atoms with Gasteiger partial charge in [0, 0.05) is 6.54 Å². The summed E-state index contributed by atoms with van der Waals surface area (Å²) in [6, 6.07) is 3.55. The summed E-state index contributed by atoms with van der Waals surface area (Å²) in [5, 5.41) is 0. The lowest BCUT2D eigenvalue weighted by atomic mass is 10.2. The number of rotatable bonds is 8. The molecule has 0 radical (unpaired) electrons. The topological polar surface area (TPSA) is 65.1 Å². The van der Waals surface area contributed by atoms with Crippen molar-refractivity contribution in [3.63, 3.8) is 0 Å². The van der Waals surface area contributed by atoms with Crippen LogP contribution in [-0.4, -0.2) is 47.5 Å². The molecule has 146 valence electrons. The molecule has 1 heterocycles. The Morgan fingerprint density at radius 3 is 2.59 bits per heavy atom. The lowest BCUT2D eigenvalue weighted by Gasteiger charge is -2.14. The molecule has 0 spiro atoms. The number of esters is 1. The van der Waals surface area contributed by atoms with E-state index < -0.39 is 5.97 Å². The van der Waals surface area contributed by atoms with Crippen molar-refractivity contribution in [2.45, 2.75) is 20.8 Å². The monoisotopic (exact) mass is 473 g/mol. The first kappa shape index (κ1) is 21.7. The number of thiocarbonyl (C=S) groups is 1. The quantitative estimate of drug-likeness (QED) is 0.321. The number of likely N-dealkylation sites (N-methyl/N-ethyl adjacent to an activating group) is 1. The highest BCUT2D eigenvalue weighted by Gasteiger charge is 2.30. The van der Waals surface area contributed by atoms with Crippen molar-refractivity contribution < 1.29 is 23.8 Å². The van der Waals surface area contributed by atoms with Gasteiger partial charge in [0.1, 0.15) is 4.32 Å². The van der Waals surface area contributed by atoms with E-state index in [2.05, 4.69) is 15.9 Å². The summed E-state index contributed by atoms with van der Waals surface area (Å²) < 4.78 is 17.2. The first-order valence-electron chi connectivity index (χ1n) is 8.41. The van der Waals surface area contributed by atoms with Crippen LogP contribution in [0.1, 0.15) is 26.3 Å².